The van der Waals surface area contributed by atoms with Crippen LogP contribution >= 0.6 is 11.6 Å². The zero-order valence-corrected chi connectivity index (χ0v) is 10.3. The molecule has 3 nitrogen and oxygen atoms in total. The molecule has 0 fully saturated rings. The molecule has 3 rings (SSSR count). The number of hydrogen-bond acceptors (Lipinski definition) is 2. The van der Waals surface area contributed by atoms with Gasteiger partial charge in [-0.15, -0.1) is 0 Å². The standard InChI is InChI=1S/C13H8ClF2N3/c14-7-1-2-12-11(3-7)18-13(17)19(12)10-5-8(15)4-9(16)6-10/h1-6H,(H2,17,18). The quantitative estimate of drug-likeness (QED) is 0.740. The summed E-state index contributed by atoms with van der Waals surface area (Å²) in [6, 6.07) is 8.18. The average molecular weight is 280 g/mol. The maximum absolute atomic E-state index is 13.3. The van der Waals surface area contributed by atoms with E-state index in [0.29, 0.717) is 16.1 Å². The number of imidazole rings is 1. The highest BCUT2D eigenvalue weighted by Crippen LogP contribution is 2.26. The summed E-state index contributed by atoms with van der Waals surface area (Å²) in [5.41, 5.74) is 7.27. The Kier molecular flexibility index (Phi) is 2.64. The van der Waals surface area contributed by atoms with Gasteiger partial charge in [0.25, 0.3) is 0 Å². The van der Waals surface area contributed by atoms with Crippen molar-refractivity contribution in [2.24, 2.45) is 0 Å². The van der Waals surface area contributed by atoms with E-state index in [1.165, 1.54) is 16.7 Å². The first-order valence-corrected chi connectivity index (χ1v) is 5.82. The van der Waals surface area contributed by atoms with Crippen LogP contribution in [0, 0.1) is 11.6 Å². The maximum Gasteiger partial charge on any atom is 0.205 e. The van der Waals surface area contributed by atoms with E-state index in [1.807, 2.05) is 0 Å². The summed E-state index contributed by atoms with van der Waals surface area (Å²) in [5, 5.41) is 0.516. The predicted molar refractivity (Wildman–Crippen MR) is 70.4 cm³/mol. The Bertz CT molecular complexity index is 763. The normalized spacial score (nSPS) is 11.1. The Hall–Kier alpha value is -2.14. The smallest absolute Gasteiger partial charge is 0.205 e. The molecule has 0 unspecified atom stereocenters. The first-order chi connectivity index (χ1) is 9.04. The Labute approximate surface area is 112 Å². The lowest BCUT2D eigenvalue weighted by Gasteiger charge is -2.07. The Morgan fingerprint density at radius 1 is 1.05 bits per heavy atom. The van der Waals surface area contributed by atoms with Crippen LogP contribution in [0.15, 0.2) is 36.4 Å². The summed E-state index contributed by atoms with van der Waals surface area (Å²) < 4.78 is 28.0. The van der Waals surface area contributed by atoms with Crippen LogP contribution in [0.2, 0.25) is 5.02 Å². The number of hydrogen-bond donors (Lipinski definition) is 1. The van der Waals surface area contributed by atoms with E-state index in [-0.39, 0.29) is 11.6 Å². The first-order valence-electron chi connectivity index (χ1n) is 5.44. The molecule has 0 aliphatic heterocycles. The van der Waals surface area contributed by atoms with Gasteiger partial charge in [0.2, 0.25) is 5.95 Å². The van der Waals surface area contributed by atoms with Crippen LogP contribution in [0.25, 0.3) is 16.7 Å². The van der Waals surface area contributed by atoms with Crippen molar-refractivity contribution < 1.29 is 8.78 Å². The van der Waals surface area contributed by atoms with Gasteiger partial charge in [-0.05, 0) is 30.3 Å². The second kappa shape index (κ2) is 4.20. The third-order valence-corrected chi connectivity index (χ3v) is 2.98. The largest absolute Gasteiger partial charge is 0.369 e. The summed E-state index contributed by atoms with van der Waals surface area (Å²) in [6.07, 6.45) is 0. The molecule has 0 spiro atoms. The van der Waals surface area contributed by atoms with Gasteiger partial charge in [0.05, 0.1) is 16.7 Å². The average Bonchev–Trinajstić information content (AvgIpc) is 2.62. The lowest BCUT2D eigenvalue weighted by molar-refractivity contribution is 0.582. The summed E-state index contributed by atoms with van der Waals surface area (Å²) in [4.78, 5) is 4.12. The van der Waals surface area contributed by atoms with E-state index < -0.39 is 11.6 Å². The Balaban J connectivity index is 2.32. The highest BCUT2D eigenvalue weighted by atomic mass is 35.5. The summed E-state index contributed by atoms with van der Waals surface area (Å²) >= 11 is 5.87. The number of nitrogen functional groups attached to an aromatic ring is 1. The summed E-state index contributed by atoms with van der Waals surface area (Å²) in [5.74, 6) is -1.21. The first kappa shape index (κ1) is 11.9. The van der Waals surface area contributed by atoms with Crippen molar-refractivity contribution >= 4 is 28.6 Å². The second-order valence-electron chi connectivity index (χ2n) is 4.07. The minimum Gasteiger partial charge on any atom is -0.369 e. The van der Waals surface area contributed by atoms with Crippen LogP contribution < -0.4 is 5.73 Å². The van der Waals surface area contributed by atoms with E-state index in [1.54, 1.807) is 18.2 Å². The van der Waals surface area contributed by atoms with E-state index in [2.05, 4.69) is 4.98 Å². The van der Waals surface area contributed by atoms with Gasteiger partial charge in [0.15, 0.2) is 0 Å². The van der Waals surface area contributed by atoms with Crippen LogP contribution in [0.5, 0.6) is 0 Å². The highest BCUT2D eigenvalue weighted by molar-refractivity contribution is 6.31. The SMILES string of the molecule is Nc1nc2cc(Cl)ccc2n1-c1cc(F)cc(F)c1. The Morgan fingerprint density at radius 2 is 1.74 bits per heavy atom. The van der Waals surface area contributed by atoms with Crippen molar-refractivity contribution in [3.05, 3.63) is 53.1 Å². The number of benzene rings is 2. The molecule has 2 N–H and O–H groups in total. The van der Waals surface area contributed by atoms with E-state index in [0.717, 1.165) is 6.07 Å². The lowest BCUT2D eigenvalue weighted by Crippen LogP contribution is -2.01. The Morgan fingerprint density at radius 3 is 2.42 bits per heavy atom. The van der Waals surface area contributed by atoms with Gasteiger partial charge >= 0.3 is 0 Å². The van der Waals surface area contributed by atoms with Crippen molar-refractivity contribution in [3.8, 4) is 5.69 Å². The topological polar surface area (TPSA) is 43.8 Å². The van der Waals surface area contributed by atoms with Gasteiger partial charge in [0.1, 0.15) is 11.6 Å². The monoisotopic (exact) mass is 279 g/mol. The molecule has 96 valence electrons. The summed E-state index contributed by atoms with van der Waals surface area (Å²) in [7, 11) is 0. The minimum atomic E-state index is -0.676. The lowest BCUT2D eigenvalue weighted by atomic mass is 10.2. The van der Waals surface area contributed by atoms with Gasteiger partial charge in [-0.2, -0.15) is 0 Å². The van der Waals surface area contributed by atoms with Crippen molar-refractivity contribution in [1.29, 1.82) is 0 Å². The number of nitrogens with two attached hydrogens (primary N) is 1. The molecule has 2 aromatic carbocycles. The molecule has 0 saturated carbocycles. The van der Waals surface area contributed by atoms with Crippen molar-refractivity contribution in [3.63, 3.8) is 0 Å². The van der Waals surface area contributed by atoms with Crippen LogP contribution in [-0.2, 0) is 0 Å². The maximum atomic E-state index is 13.3. The van der Waals surface area contributed by atoms with Crippen LogP contribution in [0.4, 0.5) is 14.7 Å². The van der Waals surface area contributed by atoms with Gasteiger partial charge < -0.3 is 5.73 Å². The molecule has 6 heteroatoms. The molecule has 1 heterocycles. The van der Waals surface area contributed by atoms with E-state index in [4.69, 9.17) is 17.3 Å². The van der Waals surface area contributed by atoms with Gasteiger partial charge in [-0.1, -0.05) is 11.6 Å². The molecule has 1 aromatic heterocycles. The van der Waals surface area contributed by atoms with Crippen molar-refractivity contribution in [2.45, 2.75) is 0 Å². The fourth-order valence-electron chi connectivity index (χ4n) is 2.01. The van der Waals surface area contributed by atoms with Gasteiger partial charge in [-0.25, -0.2) is 13.8 Å². The van der Waals surface area contributed by atoms with Crippen molar-refractivity contribution in [2.75, 3.05) is 5.73 Å². The third kappa shape index (κ3) is 2.02. The molecule has 3 aromatic rings. The predicted octanol–water partition coefficient (Wildman–Crippen LogP) is 3.54. The molecule has 19 heavy (non-hydrogen) atoms. The minimum absolute atomic E-state index is 0.141. The van der Waals surface area contributed by atoms with Gasteiger partial charge in [0, 0.05) is 11.1 Å². The molecule has 0 atom stereocenters. The molecule has 0 amide bonds. The molecule has 0 bridgehead atoms. The number of rotatable bonds is 1. The van der Waals surface area contributed by atoms with Crippen molar-refractivity contribution in [1.82, 2.24) is 9.55 Å². The third-order valence-electron chi connectivity index (χ3n) is 2.75. The molecule has 0 saturated heterocycles. The zero-order valence-electron chi connectivity index (χ0n) is 9.57. The molecule has 0 aliphatic rings. The summed E-state index contributed by atoms with van der Waals surface area (Å²) in [6.45, 7) is 0. The number of nitrogens with zero attached hydrogens (tertiary/aromatic N) is 2. The van der Waals surface area contributed by atoms with E-state index in [9.17, 15) is 8.78 Å². The van der Waals surface area contributed by atoms with E-state index >= 15 is 0 Å². The zero-order chi connectivity index (χ0) is 13.6. The molecular formula is C13H8ClF2N3. The molecule has 0 radical (unpaired) electrons. The highest BCUT2D eigenvalue weighted by Gasteiger charge is 2.12. The number of aromatic nitrogens is 2. The molecule has 0 aliphatic carbocycles. The number of halogens is 3. The van der Waals surface area contributed by atoms with Crippen LogP contribution in [0.3, 0.4) is 0 Å². The second-order valence-corrected chi connectivity index (χ2v) is 4.50. The van der Waals surface area contributed by atoms with Gasteiger partial charge in [-0.3, -0.25) is 4.57 Å². The van der Waals surface area contributed by atoms with Crippen LogP contribution in [0.1, 0.15) is 0 Å². The van der Waals surface area contributed by atoms with Crippen LogP contribution in [-0.4, -0.2) is 9.55 Å². The fourth-order valence-corrected chi connectivity index (χ4v) is 2.18. The number of fused-ring (bicyclic) bond motifs is 1. The molecular weight excluding hydrogens is 272 g/mol. The number of anilines is 1. The fraction of sp³-hybridized carbons (Fsp3) is 0.